The van der Waals surface area contributed by atoms with Crippen LogP contribution in [0.15, 0.2) is 41.2 Å². The maximum atomic E-state index is 14.1. The van der Waals surface area contributed by atoms with Gasteiger partial charge in [0, 0.05) is 26.3 Å². The summed E-state index contributed by atoms with van der Waals surface area (Å²) < 4.78 is 29.6. The third-order valence-corrected chi connectivity index (χ3v) is 7.26. The number of hydrogen-bond donors (Lipinski definition) is 3. The number of carbonyl (C=O) groups is 3. The van der Waals surface area contributed by atoms with Gasteiger partial charge in [0.2, 0.25) is 11.7 Å². The van der Waals surface area contributed by atoms with Crippen molar-refractivity contribution < 1.29 is 33.0 Å². The minimum atomic E-state index is -1.92. The fourth-order valence-electron chi connectivity index (χ4n) is 5.06. The number of H-pyrrole nitrogens is 2. The molecule has 214 valence electrons. The van der Waals surface area contributed by atoms with Crippen molar-refractivity contribution in [2.45, 2.75) is 51.1 Å². The first-order valence-electron chi connectivity index (χ1n) is 13.0. The maximum absolute atomic E-state index is 14.1. The molecule has 0 radical (unpaired) electrons. The number of fused-ring (bicyclic) bond motifs is 2. The normalized spacial score (nSPS) is 14.7. The molecule has 0 aliphatic carbocycles. The van der Waals surface area contributed by atoms with Crippen LogP contribution >= 0.6 is 0 Å². The minimum Gasteiger partial charge on any atom is -0.466 e. The van der Waals surface area contributed by atoms with E-state index in [0.29, 0.717) is 16.6 Å². The molecule has 1 aliphatic heterocycles. The summed E-state index contributed by atoms with van der Waals surface area (Å²) in [5.74, 6) is -3.48. The van der Waals surface area contributed by atoms with Gasteiger partial charge in [0.15, 0.2) is 0 Å². The Morgan fingerprint density at radius 3 is 2.38 bits per heavy atom. The first-order valence-corrected chi connectivity index (χ1v) is 13.0. The third-order valence-electron chi connectivity index (χ3n) is 7.26. The minimum absolute atomic E-state index is 0.110. The molecule has 0 spiro atoms. The molecule has 3 aromatic rings. The van der Waals surface area contributed by atoms with E-state index < -0.39 is 42.8 Å². The van der Waals surface area contributed by atoms with Gasteiger partial charge in [-0.3, -0.25) is 14.4 Å². The fraction of sp³-hybridized carbons (Fsp3) is 0.429. The summed E-state index contributed by atoms with van der Waals surface area (Å²) in [7, 11) is 2.43. The molecule has 0 saturated carbocycles. The molecule has 2 heterocycles. The van der Waals surface area contributed by atoms with Crippen molar-refractivity contribution >= 4 is 28.8 Å². The summed E-state index contributed by atoms with van der Waals surface area (Å²) in [6.45, 7) is 2.57. The lowest BCUT2D eigenvalue weighted by Crippen LogP contribution is -2.60. The average Bonchev–Trinajstić information content (AvgIpc) is 3.48. The van der Waals surface area contributed by atoms with Gasteiger partial charge in [-0.1, -0.05) is 25.1 Å². The van der Waals surface area contributed by atoms with Gasteiger partial charge in [0.25, 0.3) is 5.91 Å². The molecule has 0 bridgehead atoms. The van der Waals surface area contributed by atoms with Gasteiger partial charge in [-0.05, 0) is 48.2 Å². The van der Waals surface area contributed by atoms with Crippen molar-refractivity contribution in [3.05, 3.63) is 58.0 Å². The number of alkyl halides is 1. The number of esters is 1. The Balaban J connectivity index is 1.57. The number of methoxy groups -OCH3 is 2. The largest absolute Gasteiger partial charge is 0.466 e. The number of nitrogens with zero attached hydrogens (tertiary/aromatic N) is 1. The molecule has 3 N–H and O–H groups in total. The van der Waals surface area contributed by atoms with Crippen LogP contribution in [0.5, 0.6) is 0 Å². The van der Waals surface area contributed by atoms with E-state index in [-0.39, 0.29) is 31.2 Å². The number of rotatable bonds is 12. The second kappa shape index (κ2) is 12.0. The van der Waals surface area contributed by atoms with Gasteiger partial charge in [0.05, 0.1) is 30.1 Å². The van der Waals surface area contributed by atoms with Crippen molar-refractivity contribution in [2.75, 3.05) is 27.5 Å². The fourth-order valence-corrected chi connectivity index (χ4v) is 5.06. The van der Waals surface area contributed by atoms with E-state index in [1.165, 1.54) is 19.1 Å². The first-order chi connectivity index (χ1) is 19.2. The maximum Gasteiger partial charge on any atom is 0.323 e. The zero-order chi connectivity index (χ0) is 29.0. The number of halogens is 1. The van der Waals surface area contributed by atoms with E-state index in [2.05, 4.69) is 15.3 Å². The highest BCUT2D eigenvalue weighted by atomic mass is 19.1. The van der Waals surface area contributed by atoms with E-state index >= 15 is 0 Å². The van der Waals surface area contributed by atoms with Crippen LogP contribution < -0.4 is 11.0 Å². The smallest absolute Gasteiger partial charge is 0.323 e. The van der Waals surface area contributed by atoms with E-state index in [1.54, 1.807) is 26.0 Å². The summed E-state index contributed by atoms with van der Waals surface area (Å²) in [6, 6.07) is 8.82. The quantitative estimate of drug-likeness (QED) is 0.230. The van der Waals surface area contributed by atoms with Crippen molar-refractivity contribution in [1.29, 1.82) is 0 Å². The van der Waals surface area contributed by atoms with Gasteiger partial charge < -0.3 is 34.4 Å². The predicted octanol–water partition coefficient (Wildman–Crippen LogP) is 2.65. The monoisotopic (exact) mass is 556 g/mol. The lowest BCUT2D eigenvalue weighted by atomic mass is 10.00. The third kappa shape index (κ3) is 5.50. The standard InChI is InChI=1S/C28H33FN4O7/c1-5-22(25(35)32-23(13-24(34)40-6-2)28(15-29,38-3)39-4)33-14-18-8-7-16(11-19(18)26(33)36)17-9-10-20-21(12-17)31-27(37)30-20/h7-12,22-23H,5-6,13-15H2,1-4H3,(H,32,35)(H2,30,31,37). The van der Waals surface area contributed by atoms with Crippen molar-refractivity contribution in [3.8, 4) is 11.1 Å². The molecule has 11 nitrogen and oxygen atoms in total. The first kappa shape index (κ1) is 29.0. The average molecular weight is 557 g/mol. The van der Waals surface area contributed by atoms with Crippen LogP contribution in [0.25, 0.3) is 22.2 Å². The number of hydrogen-bond acceptors (Lipinski definition) is 7. The van der Waals surface area contributed by atoms with E-state index in [1.807, 2.05) is 24.3 Å². The number of ether oxygens (including phenoxy) is 3. The van der Waals surface area contributed by atoms with Crippen LogP contribution in [-0.4, -0.2) is 78.0 Å². The van der Waals surface area contributed by atoms with Crippen molar-refractivity contribution in [2.24, 2.45) is 0 Å². The summed E-state index contributed by atoms with van der Waals surface area (Å²) >= 11 is 0. The molecule has 1 aromatic heterocycles. The van der Waals surface area contributed by atoms with Gasteiger partial charge in [-0.2, -0.15) is 0 Å². The highest BCUT2D eigenvalue weighted by molar-refractivity contribution is 6.02. The SMILES string of the molecule is CCOC(=O)CC(NC(=O)C(CC)N1Cc2ccc(-c3ccc4[nH]c(=O)[nH]c4c3)cc2C1=O)C(CF)(OC)OC. The van der Waals surface area contributed by atoms with Crippen LogP contribution in [0, 0.1) is 0 Å². The summed E-state index contributed by atoms with van der Waals surface area (Å²) in [5.41, 5.74) is 3.82. The van der Waals surface area contributed by atoms with E-state index in [0.717, 1.165) is 16.7 Å². The Kier molecular flexibility index (Phi) is 8.70. The molecule has 2 aromatic carbocycles. The topological polar surface area (TPSA) is 143 Å². The van der Waals surface area contributed by atoms with Crippen molar-refractivity contribution in [3.63, 3.8) is 0 Å². The van der Waals surface area contributed by atoms with E-state index in [4.69, 9.17) is 14.2 Å². The Morgan fingerprint density at radius 1 is 1.05 bits per heavy atom. The van der Waals surface area contributed by atoms with Crippen LogP contribution in [0.3, 0.4) is 0 Å². The molecule has 0 saturated heterocycles. The molecular weight excluding hydrogens is 523 g/mol. The second-order valence-electron chi connectivity index (χ2n) is 9.49. The molecule has 0 fully saturated rings. The van der Waals surface area contributed by atoms with Gasteiger partial charge in [-0.25, -0.2) is 9.18 Å². The summed E-state index contributed by atoms with van der Waals surface area (Å²) in [4.78, 5) is 57.8. The van der Waals surface area contributed by atoms with Crippen LogP contribution in [0.4, 0.5) is 4.39 Å². The number of imidazole rings is 1. The molecule has 2 amide bonds. The number of aromatic amines is 2. The van der Waals surface area contributed by atoms with Gasteiger partial charge in [-0.15, -0.1) is 0 Å². The van der Waals surface area contributed by atoms with Crippen molar-refractivity contribution in [1.82, 2.24) is 20.2 Å². The molecule has 4 rings (SSSR count). The number of benzene rings is 2. The highest BCUT2D eigenvalue weighted by Crippen LogP contribution is 2.31. The molecule has 2 unspecified atom stereocenters. The Hall–Kier alpha value is -4.03. The zero-order valence-electron chi connectivity index (χ0n) is 22.8. The Labute approximate surface area is 230 Å². The molecule has 40 heavy (non-hydrogen) atoms. The summed E-state index contributed by atoms with van der Waals surface area (Å²) in [6.07, 6.45) is -0.124. The Morgan fingerprint density at radius 2 is 1.73 bits per heavy atom. The van der Waals surface area contributed by atoms with Gasteiger partial charge in [0.1, 0.15) is 12.7 Å². The van der Waals surface area contributed by atoms with Crippen LogP contribution in [-0.2, 0) is 30.3 Å². The van der Waals surface area contributed by atoms with E-state index in [9.17, 15) is 23.6 Å². The summed E-state index contributed by atoms with van der Waals surface area (Å²) in [5, 5.41) is 2.68. The molecule has 12 heteroatoms. The Bertz CT molecular complexity index is 1450. The predicted molar refractivity (Wildman–Crippen MR) is 144 cm³/mol. The number of nitrogens with one attached hydrogen (secondary N) is 3. The van der Waals surface area contributed by atoms with Crippen LogP contribution in [0.1, 0.15) is 42.6 Å². The number of carbonyl (C=O) groups excluding carboxylic acids is 3. The number of amides is 2. The molecule has 1 aliphatic rings. The highest BCUT2D eigenvalue weighted by Gasteiger charge is 2.44. The number of aromatic nitrogens is 2. The van der Waals surface area contributed by atoms with Gasteiger partial charge >= 0.3 is 11.7 Å². The molecule has 2 atom stereocenters. The lowest BCUT2D eigenvalue weighted by Gasteiger charge is -2.37. The zero-order valence-corrected chi connectivity index (χ0v) is 22.8. The molecular formula is C28H33FN4O7. The lowest BCUT2D eigenvalue weighted by molar-refractivity contribution is -0.235. The second-order valence-corrected chi connectivity index (χ2v) is 9.49. The van der Waals surface area contributed by atoms with Crippen LogP contribution in [0.2, 0.25) is 0 Å².